The van der Waals surface area contributed by atoms with Crippen molar-refractivity contribution in [3.05, 3.63) is 52.1 Å². The van der Waals surface area contributed by atoms with Gasteiger partial charge in [0.05, 0.1) is 17.0 Å². The van der Waals surface area contributed by atoms with Gasteiger partial charge in [0.1, 0.15) is 5.82 Å². The van der Waals surface area contributed by atoms with Gasteiger partial charge in [-0.25, -0.2) is 9.97 Å². The number of piperazine rings is 1. The van der Waals surface area contributed by atoms with Crippen LogP contribution >= 0.6 is 0 Å². The van der Waals surface area contributed by atoms with E-state index in [0.29, 0.717) is 11.4 Å². The summed E-state index contributed by atoms with van der Waals surface area (Å²) in [5.41, 5.74) is 6.10. The molecule has 1 saturated heterocycles. The van der Waals surface area contributed by atoms with Crippen molar-refractivity contribution in [2.45, 2.75) is 34.6 Å². The molecule has 25 heavy (non-hydrogen) atoms. The predicted octanol–water partition coefficient (Wildman–Crippen LogP) is 2.98. The van der Waals surface area contributed by atoms with Gasteiger partial charge in [-0.05, 0) is 51.8 Å². The van der Waals surface area contributed by atoms with E-state index in [1.807, 2.05) is 25.7 Å². The van der Waals surface area contributed by atoms with Crippen molar-refractivity contribution >= 4 is 11.6 Å². The molecule has 0 aliphatic carbocycles. The number of anilines is 1. The first-order valence-electron chi connectivity index (χ1n) is 8.80. The summed E-state index contributed by atoms with van der Waals surface area (Å²) >= 11 is 0. The van der Waals surface area contributed by atoms with Gasteiger partial charge in [0, 0.05) is 31.9 Å². The summed E-state index contributed by atoms with van der Waals surface area (Å²) in [5.74, 6) is 0.766. The maximum absolute atomic E-state index is 12.9. The number of aryl methyl sites for hydroxylation is 4. The minimum absolute atomic E-state index is 0.0515. The average molecular weight is 338 g/mol. The highest BCUT2D eigenvalue weighted by atomic mass is 16.2. The van der Waals surface area contributed by atoms with Crippen molar-refractivity contribution in [2.75, 3.05) is 31.1 Å². The van der Waals surface area contributed by atoms with Crippen LogP contribution < -0.4 is 4.90 Å². The van der Waals surface area contributed by atoms with Crippen molar-refractivity contribution in [1.82, 2.24) is 14.9 Å². The molecule has 0 radical (unpaired) electrons. The standard InChI is InChI=1S/C20H26N4O/c1-13-7-6-8-18(14(13)2)23-9-11-24(12-10-23)20(25)19-15(3)21-17(5)22-16(19)4/h6-8H,9-12H2,1-5H3. The molecule has 132 valence electrons. The van der Waals surface area contributed by atoms with E-state index < -0.39 is 0 Å². The van der Waals surface area contributed by atoms with Crippen LogP contribution in [-0.4, -0.2) is 47.0 Å². The van der Waals surface area contributed by atoms with E-state index in [2.05, 4.69) is 46.9 Å². The Morgan fingerprint density at radius 2 is 1.52 bits per heavy atom. The molecule has 0 bridgehead atoms. The summed E-state index contributed by atoms with van der Waals surface area (Å²) in [6, 6.07) is 6.41. The van der Waals surface area contributed by atoms with Crippen LogP contribution in [0.5, 0.6) is 0 Å². The number of carbonyl (C=O) groups is 1. The van der Waals surface area contributed by atoms with Crippen LogP contribution in [-0.2, 0) is 0 Å². The molecule has 1 fully saturated rings. The maximum Gasteiger partial charge on any atom is 0.257 e. The number of hydrogen-bond acceptors (Lipinski definition) is 4. The first-order chi connectivity index (χ1) is 11.9. The van der Waals surface area contributed by atoms with Crippen LogP contribution in [0.4, 0.5) is 5.69 Å². The summed E-state index contributed by atoms with van der Waals surface area (Å²) in [7, 11) is 0. The third kappa shape index (κ3) is 3.36. The van der Waals surface area contributed by atoms with Crippen LogP contribution in [0, 0.1) is 34.6 Å². The smallest absolute Gasteiger partial charge is 0.257 e. The van der Waals surface area contributed by atoms with Gasteiger partial charge >= 0.3 is 0 Å². The molecule has 5 nitrogen and oxygen atoms in total. The lowest BCUT2D eigenvalue weighted by Crippen LogP contribution is -2.49. The minimum Gasteiger partial charge on any atom is -0.368 e. The SMILES string of the molecule is Cc1nc(C)c(C(=O)N2CCN(c3cccc(C)c3C)CC2)c(C)n1. The molecular formula is C20H26N4O. The van der Waals surface area contributed by atoms with Crippen LogP contribution in [0.3, 0.4) is 0 Å². The molecule has 1 aromatic heterocycles. The molecule has 1 amide bonds. The molecule has 0 spiro atoms. The van der Waals surface area contributed by atoms with Crippen LogP contribution in [0.15, 0.2) is 18.2 Å². The second-order valence-electron chi connectivity index (χ2n) is 6.81. The summed E-state index contributed by atoms with van der Waals surface area (Å²) in [5, 5.41) is 0. The third-order valence-electron chi connectivity index (χ3n) is 5.08. The van der Waals surface area contributed by atoms with Crippen molar-refractivity contribution < 1.29 is 4.79 Å². The highest BCUT2D eigenvalue weighted by Gasteiger charge is 2.26. The Kier molecular flexibility index (Phi) is 4.75. The lowest BCUT2D eigenvalue weighted by molar-refractivity contribution is 0.0744. The van der Waals surface area contributed by atoms with Gasteiger partial charge in [-0.3, -0.25) is 4.79 Å². The number of amides is 1. The second kappa shape index (κ2) is 6.82. The normalized spacial score (nSPS) is 14.8. The molecule has 0 unspecified atom stereocenters. The van der Waals surface area contributed by atoms with Gasteiger partial charge in [0.25, 0.3) is 5.91 Å². The van der Waals surface area contributed by atoms with E-state index in [0.717, 1.165) is 37.6 Å². The molecule has 0 N–H and O–H groups in total. The zero-order chi connectivity index (χ0) is 18.1. The van der Waals surface area contributed by atoms with Gasteiger partial charge in [-0.2, -0.15) is 0 Å². The van der Waals surface area contributed by atoms with Gasteiger partial charge in [-0.1, -0.05) is 12.1 Å². The average Bonchev–Trinajstić information content (AvgIpc) is 2.56. The molecular weight excluding hydrogens is 312 g/mol. The Labute approximate surface area is 149 Å². The van der Waals surface area contributed by atoms with E-state index in [1.165, 1.54) is 16.8 Å². The van der Waals surface area contributed by atoms with E-state index >= 15 is 0 Å². The fourth-order valence-electron chi connectivity index (χ4n) is 3.58. The van der Waals surface area contributed by atoms with Crippen LogP contribution in [0.2, 0.25) is 0 Å². The van der Waals surface area contributed by atoms with Crippen molar-refractivity contribution in [3.63, 3.8) is 0 Å². The Balaban J connectivity index is 1.74. The zero-order valence-corrected chi connectivity index (χ0v) is 15.8. The van der Waals surface area contributed by atoms with E-state index in [-0.39, 0.29) is 5.91 Å². The Morgan fingerprint density at radius 1 is 0.920 bits per heavy atom. The highest BCUT2D eigenvalue weighted by molar-refractivity contribution is 5.96. The lowest BCUT2D eigenvalue weighted by Gasteiger charge is -2.37. The molecule has 5 heteroatoms. The molecule has 0 atom stereocenters. The Bertz CT molecular complexity index is 784. The monoisotopic (exact) mass is 338 g/mol. The van der Waals surface area contributed by atoms with E-state index in [4.69, 9.17) is 0 Å². The second-order valence-corrected chi connectivity index (χ2v) is 6.81. The van der Waals surface area contributed by atoms with Gasteiger partial charge in [-0.15, -0.1) is 0 Å². The number of benzene rings is 1. The number of rotatable bonds is 2. The molecule has 1 aromatic carbocycles. The van der Waals surface area contributed by atoms with Crippen molar-refractivity contribution in [3.8, 4) is 0 Å². The molecule has 0 saturated carbocycles. The molecule has 3 rings (SSSR count). The summed E-state index contributed by atoms with van der Waals surface area (Å²) in [6.07, 6.45) is 0. The van der Waals surface area contributed by atoms with E-state index in [1.54, 1.807) is 0 Å². The van der Waals surface area contributed by atoms with E-state index in [9.17, 15) is 4.79 Å². The van der Waals surface area contributed by atoms with Crippen LogP contribution in [0.25, 0.3) is 0 Å². The van der Waals surface area contributed by atoms with Gasteiger partial charge in [0.2, 0.25) is 0 Å². The summed E-state index contributed by atoms with van der Waals surface area (Å²) < 4.78 is 0. The number of nitrogens with zero attached hydrogens (tertiary/aromatic N) is 4. The highest BCUT2D eigenvalue weighted by Crippen LogP contribution is 2.24. The first-order valence-corrected chi connectivity index (χ1v) is 8.80. The molecule has 2 heterocycles. The molecule has 1 aliphatic heterocycles. The van der Waals surface area contributed by atoms with Crippen LogP contribution in [0.1, 0.15) is 38.7 Å². The number of carbonyl (C=O) groups excluding carboxylic acids is 1. The largest absolute Gasteiger partial charge is 0.368 e. The fourth-order valence-corrected chi connectivity index (χ4v) is 3.58. The molecule has 1 aliphatic rings. The van der Waals surface area contributed by atoms with Crippen molar-refractivity contribution in [1.29, 1.82) is 0 Å². The lowest BCUT2D eigenvalue weighted by atomic mass is 10.1. The fraction of sp³-hybridized carbons (Fsp3) is 0.450. The topological polar surface area (TPSA) is 49.3 Å². The predicted molar refractivity (Wildman–Crippen MR) is 100 cm³/mol. The first kappa shape index (κ1) is 17.4. The quantitative estimate of drug-likeness (QED) is 0.845. The Morgan fingerprint density at radius 3 is 2.12 bits per heavy atom. The Hall–Kier alpha value is -2.43. The van der Waals surface area contributed by atoms with Gasteiger partial charge < -0.3 is 9.80 Å². The van der Waals surface area contributed by atoms with Gasteiger partial charge in [0.15, 0.2) is 0 Å². The minimum atomic E-state index is 0.0515. The summed E-state index contributed by atoms with van der Waals surface area (Å²) in [4.78, 5) is 26.0. The van der Waals surface area contributed by atoms with Crippen molar-refractivity contribution in [2.24, 2.45) is 0 Å². The maximum atomic E-state index is 12.9. The third-order valence-corrected chi connectivity index (χ3v) is 5.08. The summed E-state index contributed by atoms with van der Waals surface area (Å²) in [6.45, 7) is 13.1. The zero-order valence-electron chi connectivity index (χ0n) is 15.8. The number of aromatic nitrogens is 2. The molecule has 2 aromatic rings. The number of hydrogen-bond donors (Lipinski definition) is 0.